The van der Waals surface area contributed by atoms with Crippen LogP contribution in [0.2, 0.25) is 0 Å². The van der Waals surface area contributed by atoms with Gasteiger partial charge in [0.15, 0.2) is 0 Å². The second-order valence-corrected chi connectivity index (χ2v) is 7.11. The Hall–Kier alpha value is -4.01. The lowest BCUT2D eigenvalue weighted by Gasteiger charge is -2.11. The molecule has 2 aromatic carbocycles. The number of halogens is 1. The topological polar surface area (TPSA) is 102 Å². The Labute approximate surface area is 177 Å². The van der Waals surface area contributed by atoms with Crippen LogP contribution in [0.15, 0.2) is 64.3 Å². The van der Waals surface area contributed by atoms with E-state index in [0.29, 0.717) is 22.1 Å². The Bertz CT molecular complexity index is 1230. The number of carbonyl (C=O) groups excluding carboxylic acids is 2. The molecule has 0 saturated heterocycles. The van der Waals surface area contributed by atoms with E-state index in [1.165, 1.54) is 0 Å². The fourth-order valence-corrected chi connectivity index (χ4v) is 2.84. The summed E-state index contributed by atoms with van der Waals surface area (Å²) in [5, 5.41) is 5.13. The second kappa shape index (κ2) is 9.21. The Kier molecular flexibility index (Phi) is 6.44. The van der Waals surface area contributed by atoms with Crippen LogP contribution in [0.5, 0.6) is 0 Å². The smallest absolute Gasteiger partial charge is 0.325 e. The summed E-state index contributed by atoms with van der Waals surface area (Å²) in [6.07, 6.45) is 0.660. The normalized spacial score (nSPS) is 10.5. The summed E-state index contributed by atoms with van der Waals surface area (Å²) in [6, 6.07) is 13.9. The number of hydrogen-bond acceptors (Lipinski definition) is 4. The molecule has 3 aromatic rings. The molecule has 31 heavy (non-hydrogen) atoms. The number of aromatic nitrogens is 2. The van der Waals surface area contributed by atoms with E-state index in [0.717, 1.165) is 15.7 Å². The maximum atomic E-state index is 14.1. The third kappa shape index (κ3) is 5.53. The number of anilines is 2. The van der Waals surface area contributed by atoms with Crippen molar-refractivity contribution in [1.29, 1.82) is 0 Å². The van der Waals surface area contributed by atoms with Crippen molar-refractivity contribution in [3.8, 4) is 0 Å². The van der Waals surface area contributed by atoms with Gasteiger partial charge in [-0.05, 0) is 38.1 Å². The van der Waals surface area contributed by atoms with E-state index >= 15 is 0 Å². The van der Waals surface area contributed by atoms with E-state index in [-0.39, 0.29) is 0 Å². The van der Waals surface area contributed by atoms with Crippen molar-refractivity contribution in [2.45, 2.75) is 26.9 Å². The number of rotatable bonds is 6. The van der Waals surface area contributed by atoms with Crippen molar-refractivity contribution < 1.29 is 14.0 Å². The molecule has 0 radical (unpaired) electrons. The van der Waals surface area contributed by atoms with Crippen molar-refractivity contribution in [3.63, 3.8) is 0 Å². The number of benzene rings is 2. The minimum absolute atomic E-state index is 0.456. The van der Waals surface area contributed by atoms with Gasteiger partial charge in [0.05, 0.1) is 6.20 Å². The summed E-state index contributed by atoms with van der Waals surface area (Å²) < 4.78 is 15.3. The maximum Gasteiger partial charge on any atom is 0.332 e. The number of nitrogens with one attached hydrogen (secondary N) is 2. The maximum absolute atomic E-state index is 14.1. The van der Waals surface area contributed by atoms with E-state index in [4.69, 9.17) is 0 Å². The van der Waals surface area contributed by atoms with E-state index in [9.17, 15) is 23.6 Å². The zero-order valence-corrected chi connectivity index (χ0v) is 17.0. The number of carbonyl (C=O) groups is 2. The number of hydrogen-bond donors (Lipinski definition) is 2. The monoisotopic (exact) mass is 424 g/mol. The molecule has 0 aliphatic heterocycles. The van der Waals surface area contributed by atoms with E-state index < -0.39 is 42.0 Å². The quantitative estimate of drug-likeness (QED) is 0.632. The first-order valence-corrected chi connectivity index (χ1v) is 9.46. The molecule has 2 amide bonds. The largest absolute Gasteiger partial charge is 0.332 e. The van der Waals surface area contributed by atoms with E-state index in [1.807, 2.05) is 13.8 Å². The summed E-state index contributed by atoms with van der Waals surface area (Å²) in [5.41, 5.74) is 0.773. The summed E-state index contributed by atoms with van der Waals surface area (Å²) in [6.45, 7) is 2.56. The highest BCUT2D eigenvalue weighted by atomic mass is 19.1. The number of aryl methyl sites for hydroxylation is 2. The van der Waals surface area contributed by atoms with E-state index in [1.54, 1.807) is 48.5 Å². The van der Waals surface area contributed by atoms with Gasteiger partial charge in [-0.15, -0.1) is 0 Å². The first kappa shape index (κ1) is 21.7. The lowest BCUT2D eigenvalue weighted by atomic mass is 10.2. The van der Waals surface area contributed by atoms with Crippen LogP contribution in [0.1, 0.15) is 11.1 Å². The first-order chi connectivity index (χ1) is 14.7. The average Bonchev–Trinajstić information content (AvgIpc) is 2.73. The molecule has 0 bridgehead atoms. The molecule has 3 rings (SSSR count). The fourth-order valence-electron chi connectivity index (χ4n) is 2.84. The van der Waals surface area contributed by atoms with Gasteiger partial charge in [-0.3, -0.25) is 19.0 Å². The van der Waals surface area contributed by atoms with Crippen LogP contribution in [-0.4, -0.2) is 20.9 Å². The molecule has 0 aliphatic rings. The molecule has 0 fully saturated rings. The molecule has 9 heteroatoms. The molecule has 2 N–H and O–H groups in total. The molecule has 160 valence electrons. The molecule has 1 heterocycles. The van der Waals surface area contributed by atoms with Gasteiger partial charge in [0, 0.05) is 11.4 Å². The van der Waals surface area contributed by atoms with Crippen LogP contribution >= 0.6 is 0 Å². The Morgan fingerprint density at radius 1 is 0.806 bits per heavy atom. The zero-order valence-electron chi connectivity index (χ0n) is 17.0. The van der Waals surface area contributed by atoms with Gasteiger partial charge in [-0.1, -0.05) is 35.4 Å². The minimum atomic E-state index is -1.24. The summed E-state index contributed by atoms with van der Waals surface area (Å²) in [4.78, 5) is 49.2. The molecule has 8 nitrogen and oxygen atoms in total. The molecule has 0 atom stereocenters. The average molecular weight is 424 g/mol. The molecule has 0 saturated carbocycles. The highest BCUT2D eigenvalue weighted by Crippen LogP contribution is 2.09. The Balaban J connectivity index is 1.77. The second-order valence-electron chi connectivity index (χ2n) is 7.11. The Morgan fingerprint density at radius 2 is 1.26 bits per heavy atom. The van der Waals surface area contributed by atoms with Gasteiger partial charge in [-0.2, -0.15) is 4.39 Å². The third-order valence-corrected chi connectivity index (χ3v) is 4.48. The van der Waals surface area contributed by atoms with Crippen molar-refractivity contribution in [2.24, 2.45) is 0 Å². The third-order valence-electron chi connectivity index (χ3n) is 4.48. The van der Waals surface area contributed by atoms with Gasteiger partial charge in [0.2, 0.25) is 17.6 Å². The lowest BCUT2D eigenvalue weighted by Crippen LogP contribution is -2.44. The van der Waals surface area contributed by atoms with Gasteiger partial charge in [0.1, 0.15) is 13.1 Å². The first-order valence-electron chi connectivity index (χ1n) is 9.46. The predicted octanol–water partition coefficient (Wildman–Crippen LogP) is 2.04. The summed E-state index contributed by atoms with van der Waals surface area (Å²) >= 11 is 0. The van der Waals surface area contributed by atoms with Crippen molar-refractivity contribution in [2.75, 3.05) is 10.6 Å². The molecule has 0 spiro atoms. The van der Waals surface area contributed by atoms with Gasteiger partial charge >= 0.3 is 5.69 Å². The van der Waals surface area contributed by atoms with Crippen molar-refractivity contribution >= 4 is 23.2 Å². The highest BCUT2D eigenvalue weighted by molar-refractivity contribution is 5.91. The number of amides is 2. The van der Waals surface area contributed by atoms with Crippen LogP contribution in [0.4, 0.5) is 15.8 Å². The van der Waals surface area contributed by atoms with Crippen LogP contribution < -0.4 is 21.9 Å². The van der Waals surface area contributed by atoms with Crippen molar-refractivity contribution in [3.05, 3.63) is 92.5 Å². The van der Waals surface area contributed by atoms with E-state index in [2.05, 4.69) is 10.6 Å². The summed E-state index contributed by atoms with van der Waals surface area (Å²) in [7, 11) is 0. The molecular weight excluding hydrogens is 403 g/mol. The van der Waals surface area contributed by atoms with Crippen molar-refractivity contribution in [1.82, 2.24) is 9.13 Å². The highest BCUT2D eigenvalue weighted by Gasteiger charge is 2.16. The SMILES string of the molecule is Cc1ccc(NC(=O)Cn2cc(F)c(=O)n(CC(=O)Nc3ccc(C)cc3)c2=O)cc1. The zero-order chi connectivity index (χ0) is 22.5. The molecule has 0 aliphatic carbocycles. The van der Waals surface area contributed by atoms with Crippen LogP contribution in [0, 0.1) is 19.7 Å². The van der Waals surface area contributed by atoms with Crippen LogP contribution in [0.3, 0.4) is 0 Å². The standard InChI is InChI=1S/C22H21FN4O4/c1-14-3-7-16(8-4-14)24-19(28)12-26-11-18(23)21(30)27(22(26)31)13-20(29)25-17-9-5-15(2)6-10-17/h3-11H,12-13H2,1-2H3,(H,24,28)(H,25,29). The predicted molar refractivity (Wildman–Crippen MR) is 115 cm³/mol. The van der Waals surface area contributed by atoms with Gasteiger partial charge in [-0.25, -0.2) is 9.36 Å². The minimum Gasteiger partial charge on any atom is -0.325 e. The van der Waals surface area contributed by atoms with Gasteiger partial charge < -0.3 is 10.6 Å². The summed E-state index contributed by atoms with van der Waals surface area (Å²) in [5.74, 6) is -2.50. The van der Waals surface area contributed by atoms with Gasteiger partial charge in [0.25, 0.3) is 5.56 Å². The Morgan fingerprint density at radius 3 is 1.74 bits per heavy atom. The van der Waals surface area contributed by atoms with Crippen LogP contribution in [-0.2, 0) is 22.7 Å². The molecular formula is C22H21FN4O4. The molecule has 0 unspecified atom stereocenters. The van der Waals surface area contributed by atoms with Crippen LogP contribution in [0.25, 0.3) is 0 Å². The fraction of sp³-hybridized carbons (Fsp3) is 0.182. The molecule has 1 aromatic heterocycles. The lowest BCUT2D eigenvalue weighted by molar-refractivity contribution is -0.117. The number of nitrogens with zero attached hydrogens (tertiary/aromatic N) is 2.